The molecule has 0 spiro atoms. The van der Waals surface area contributed by atoms with Crippen molar-refractivity contribution in [3.05, 3.63) is 23.8 Å². The molecule has 1 aromatic rings. The Hall–Kier alpha value is -2.13. The van der Waals surface area contributed by atoms with Gasteiger partial charge in [-0.2, -0.15) is 0 Å². The molecule has 0 radical (unpaired) electrons. The van der Waals surface area contributed by atoms with E-state index in [1.807, 2.05) is 0 Å². The number of esters is 1. The van der Waals surface area contributed by atoms with Crippen LogP contribution in [0, 0.1) is 0 Å². The molecule has 0 saturated heterocycles. The van der Waals surface area contributed by atoms with E-state index in [4.69, 9.17) is 14.6 Å². The van der Waals surface area contributed by atoms with Crippen molar-refractivity contribution in [2.75, 3.05) is 18.0 Å². The first kappa shape index (κ1) is 18.9. The van der Waals surface area contributed by atoms with Crippen LogP contribution in [0.2, 0.25) is 0 Å². The van der Waals surface area contributed by atoms with Gasteiger partial charge in [-0.25, -0.2) is 9.00 Å². The number of benzene rings is 1. The van der Waals surface area contributed by atoms with E-state index in [1.165, 1.54) is 19.2 Å². The largest absolute Gasteiger partial charge is 0.495 e. The van der Waals surface area contributed by atoms with Crippen molar-refractivity contribution in [1.82, 2.24) is 0 Å². The Bertz CT molecular complexity index is 624. The van der Waals surface area contributed by atoms with Gasteiger partial charge in [0.2, 0.25) is 0 Å². The van der Waals surface area contributed by atoms with Gasteiger partial charge in [-0.05, 0) is 39.0 Å². The Morgan fingerprint density at radius 3 is 2.35 bits per heavy atom. The van der Waals surface area contributed by atoms with Crippen molar-refractivity contribution in [3.8, 4) is 5.75 Å². The summed E-state index contributed by atoms with van der Waals surface area (Å²) in [7, 11) is 1.32. The SMILES string of the molecule is COc1ccc(C(=O)O)cc1N(CC(=O)OC(C)(C)C)S(=O)O. The highest BCUT2D eigenvalue weighted by atomic mass is 32.2. The van der Waals surface area contributed by atoms with Crippen LogP contribution in [0.1, 0.15) is 31.1 Å². The Morgan fingerprint density at radius 1 is 1.30 bits per heavy atom. The van der Waals surface area contributed by atoms with Crippen molar-refractivity contribution in [2.45, 2.75) is 26.4 Å². The summed E-state index contributed by atoms with van der Waals surface area (Å²) in [5.74, 6) is -1.79. The van der Waals surface area contributed by atoms with Gasteiger partial charge in [-0.1, -0.05) is 0 Å². The second-order valence-corrected chi connectivity index (χ2v) is 6.45. The third-order valence-electron chi connectivity index (χ3n) is 2.58. The molecule has 0 fully saturated rings. The van der Waals surface area contributed by atoms with Crippen molar-refractivity contribution >= 4 is 28.9 Å². The Labute approximate surface area is 136 Å². The predicted molar refractivity (Wildman–Crippen MR) is 83.9 cm³/mol. The minimum atomic E-state index is -2.58. The van der Waals surface area contributed by atoms with Gasteiger partial charge in [0.1, 0.15) is 17.9 Å². The number of hydrogen-bond acceptors (Lipinski definition) is 5. The Balaban J connectivity index is 3.19. The highest BCUT2D eigenvalue weighted by Crippen LogP contribution is 2.30. The van der Waals surface area contributed by atoms with Crippen LogP contribution in [0.5, 0.6) is 5.75 Å². The molecule has 2 N–H and O–H groups in total. The van der Waals surface area contributed by atoms with Gasteiger partial charge in [0.15, 0.2) is 0 Å². The number of carboxylic acids is 1. The van der Waals surface area contributed by atoms with Crippen LogP contribution >= 0.6 is 0 Å². The fourth-order valence-electron chi connectivity index (χ4n) is 1.73. The molecule has 9 heteroatoms. The molecule has 1 atom stereocenters. The van der Waals surface area contributed by atoms with Crippen molar-refractivity contribution < 1.29 is 32.9 Å². The molecule has 0 aliphatic rings. The number of nitrogens with zero attached hydrogens (tertiary/aromatic N) is 1. The maximum atomic E-state index is 11.9. The molecule has 0 aromatic heterocycles. The number of anilines is 1. The van der Waals surface area contributed by atoms with Crippen molar-refractivity contribution in [2.24, 2.45) is 0 Å². The highest BCUT2D eigenvalue weighted by Gasteiger charge is 2.25. The minimum Gasteiger partial charge on any atom is -0.495 e. The number of carbonyl (C=O) groups excluding carboxylic acids is 1. The summed E-state index contributed by atoms with van der Waals surface area (Å²) < 4.78 is 32.0. The van der Waals surface area contributed by atoms with E-state index in [0.29, 0.717) is 0 Å². The summed E-state index contributed by atoms with van der Waals surface area (Å²) in [4.78, 5) is 23.0. The van der Waals surface area contributed by atoms with Gasteiger partial charge >= 0.3 is 11.9 Å². The predicted octanol–water partition coefficient (Wildman–Crippen LogP) is 1.68. The van der Waals surface area contributed by atoms with E-state index in [9.17, 15) is 18.4 Å². The van der Waals surface area contributed by atoms with Crippen LogP contribution in [0.3, 0.4) is 0 Å². The molecule has 0 aliphatic heterocycles. The fraction of sp³-hybridized carbons (Fsp3) is 0.429. The molecular weight excluding hydrogens is 326 g/mol. The number of hydrogen-bond donors (Lipinski definition) is 2. The zero-order chi connectivity index (χ0) is 17.8. The molecule has 23 heavy (non-hydrogen) atoms. The van der Waals surface area contributed by atoms with Crippen LogP contribution in [0.15, 0.2) is 18.2 Å². The smallest absolute Gasteiger partial charge is 0.335 e. The van der Waals surface area contributed by atoms with Crippen LogP contribution < -0.4 is 9.04 Å². The first-order valence-electron chi connectivity index (χ1n) is 6.57. The monoisotopic (exact) mass is 345 g/mol. The lowest BCUT2D eigenvalue weighted by Crippen LogP contribution is -2.36. The van der Waals surface area contributed by atoms with Crippen LogP contribution in [-0.4, -0.2) is 45.1 Å². The molecule has 1 aromatic carbocycles. The van der Waals surface area contributed by atoms with E-state index in [0.717, 1.165) is 10.4 Å². The maximum absolute atomic E-state index is 11.9. The topological polar surface area (TPSA) is 113 Å². The molecular formula is C14H19NO7S. The summed E-state index contributed by atoms with van der Waals surface area (Å²) >= 11 is -2.58. The minimum absolute atomic E-state index is 0.000840. The van der Waals surface area contributed by atoms with Gasteiger partial charge in [0, 0.05) is 0 Å². The summed E-state index contributed by atoms with van der Waals surface area (Å²) in [6.07, 6.45) is 0. The highest BCUT2D eigenvalue weighted by molar-refractivity contribution is 7.80. The average Bonchev–Trinajstić information content (AvgIpc) is 2.41. The van der Waals surface area contributed by atoms with Gasteiger partial charge < -0.3 is 14.6 Å². The normalized spacial score (nSPS) is 12.4. The molecule has 0 bridgehead atoms. The number of aromatic carboxylic acids is 1. The second-order valence-electron chi connectivity index (χ2n) is 5.55. The van der Waals surface area contributed by atoms with Crippen molar-refractivity contribution in [3.63, 3.8) is 0 Å². The van der Waals surface area contributed by atoms with Gasteiger partial charge in [-0.3, -0.25) is 13.7 Å². The number of carboxylic acid groups (broad SMARTS) is 1. The van der Waals surface area contributed by atoms with E-state index in [1.54, 1.807) is 20.8 Å². The molecule has 1 unspecified atom stereocenters. The zero-order valence-electron chi connectivity index (χ0n) is 13.2. The first-order chi connectivity index (χ1) is 10.5. The maximum Gasteiger partial charge on any atom is 0.335 e. The van der Waals surface area contributed by atoms with E-state index < -0.39 is 35.4 Å². The molecule has 1 rings (SSSR count). The number of carbonyl (C=O) groups is 2. The standard InChI is InChI=1S/C14H19NO7S/c1-14(2,3)22-12(16)8-15(23(19)20)10-7-9(13(17)18)5-6-11(10)21-4/h5-7H,8H2,1-4H3,(H,17,18)(H,19,20). The van der Waals surface area contributed by atoms with Crippen molar-refractivity contribution in [1.29, 1.82) is 0 Å². The molecule has 0 amide bonds. The molecule has 0 heterocycles. The summed E-state index contributed by atoms with van der Waals surface area (Å²) in [5, 5.41) is 9.04. The van der Waals surface area contributed by atoms with Gasteiger partial charge in [0.25, 0.3) is 11.3 Å². The molecule has 128 valence electrons. The zero-order valence-corrected chi connectivity index (χ0v) is 14.0. The quantitative estimate of drug-likeness (QED) is 0.595. The van der Waals surface area contributed by atoms with Crippen LogP contribution in [0.4, 0.5) is 5.69 Å². The average molecular weight is 345 g/mol. The van der Waals surface area contributed by atoms with Gasteiger partial charge in [-0.15, -0.1) is 0 Å². The number of methoxy groups -OCH3 is 1. The molecule has 0 aliphatic carbocycles. The molecule has 0 saturated carbocycles. The second kappa shape index (κ2) is 7.42. The van der Waals surface area contributed by atoms with Crippen LogP contribution in [0.25, 0.3) is 0 Å². The summed E-state index contributed by atoms with van der Waals surface area (Å²) in [6.45, 7) is 4.45. The third-order valence-corrected chi connectivity index (χ3v) is 3.28. The first-order valence-corrected chi connectivity index (χ1v) is 7.63. The van der Waals surface area contributed by atoms with E-state index in [-0.39, 0.29) is 17.0 Å². The third kappa shape index (κ3) is 5.53. The van der Waals surface area contributed by atoms with E-state index in [2.05, 4.69) is 0 Å². The summed E-state index contributed by atoms with van der Waals surface area (Å²) in [6, 6.07) is 3.78. The number of rotatable bonds is 6. The van der Waals surface area contributed by atoms with E-state index >= 15 is 0 Å². The molecule has 8 nitrogen and oxygen atoms in total. The van der Waals surface area contributed by atoms with Gasteiger partial charge in [0.05, 0.1) is 18.4 Å². The summed E-state index contributed by atoms with van der Waals surface area (Å²) in [5.41, 5.74) is -0.869. The fourth-order valence-corrected chi connectivity index (χ4v) is 2.26. The number of ether oxygens (including phenoxy) is 2. The van der Waals surface area contributed by atoms with Crippen LogP contribution in [-0.2, 0) is 20.8 Å². The Morgan fingerprint density at radius 2 is 1.91 bits per heavy atom. The lowest BCUT2D eigenvalue weighted by atomic mass is 10.2. The Kier molecular flexibility index (Phi) is 6.11. The lowest BCUT2D eigenvalue weighted by molar-refractivity contribution is -0.152. The lowest BCUT2D eigenvalue weighted by Gasteiger charge is -2.24.